The van der Waals surface area contributed by atoms with Crippen molar-refractivity contribution in [3.63, 3.8) is 0 Å². The fourth-order valence-corrected chi connectivity index (χ4v) is 3.49. The fraction of sp³-hybridized carbons (Fsp3) is 0.143. The van der Waals surface area contributed by atoms with Crippen LogP contribution in [-0.2, 0) is 0 Å². The summed E-state index contributed by atoms with van der Waals surface area (Å²) in [4.78, 5) is 30.6. The van der Waals surface area contributed by atoms with Crippen molar-refractivity contribution in [2.45, 2.75) is 27.7 Å². The van der Waals surface area contributed by atoms with Crippen LogP contribution in [0.3, 0.4) is 0 Å². The summed E-state index contributed by atoms with van der Waals surface area (Å²) in [5.74, 6) is -0.213. The molecule has 0 radical (unpaired) electrons. The predicted molar refractivity (Wildman–Crippen MR) is 132 cm³/mol. The Labute approximate surface area is 193 Å². The van der Waals surface area contributed by atoms with Crippen LogP contribution in [0.25, 0.3) is 11.3 Å². The molecule has 0 aliphatic carbocycles. The molecular weight excluding hydrogens is 410 g/mol. The molecule has 1 heterocycles. The third-order valence-corrected chi connectivity index (χ3v) is 5.52. The van der Waals surface area contributed by atoms with Crippen LogP contribution in [0.5, 0.6) is 0 Å². The molecule has 0 atom stereocenters. The topological polar surface area (TPSA) is 64.3 Å². The highest BCUT2D eigenvalue weighted by Gasteiger charge is 2.19. The molecule has 0 saturated heterocycles. The molecule has 0 aliphatic rings. The van der Waals surface area contributed by atoms with E-state index >= 15 is 0 Å². The molecule has 0 saturated carbocycles. The average Bonchev–Trinajstić information content (AvgIpc) is 2.81. The molecule has 4 rings (SSSR count). The summed E-state index contributed by atoms with van der Waals surface area (Å²) in [5, 5.41) is 4.46. The van der Waals surface area contributed by atoms with Gasteiger partial charge in [-0.25, -0.2) is 4.79 Å². The number of aromatic nitrogens is 2. The van der Waals surface area contributed by atoms with Crippen molar-refractivity contribution in [3.05, 3.63) is 123 Å². The van der Waals surface area contributed by atoms with Crippen LogP contribution in [0.1, 0.15) is 45.1 Å². The smallest absolute Gasteiger partial charge is 0.288 e. The number of benzene rings is 3. The first-order valence-corrected chi connectivity index (χ1v) is 10.8. The zero-order chi connectivity index (χ0) is 23.5. The van der Waals surface area contributed by atoms with Gasteiger partial charge in [-0.15, -0.1) is 0 Å². The number of nitrogens with zero attached hydrogens (tertiary/aromatic N) is 3. The van der Waals surface area contributed by atoms with Gasteiger partial charge in [0.05, 0.1) is 17.0 Å². The van der Waals surface area contributed by atoms with Gasteiger partial charge in [0.15, 0.2) is 5.78 Å². The molecule has 0 unspecified atom stereocenters. The predicted octanol–water partition coefficient (Wildman–Crippen LogP) is 5.34. The van der Waals surface area contributed by atoms with E-state index < -0.39 is 5.69 Å². The standard InChI is InChI=1S/C28H25N3O2/c1-18-5-11-22(12-6-18)21(4)30-31-17-25(27(32)24-15-9-20(3)10-16-24)26(29-28(31)33)23-13-7-19(2)8-14-23/h5-17H,1-4H3/b30-21+. The number of hydrogen-bond acceptors (Lipinski definition) is 4. The van der Waals surface area contributed by atoms with Crippen molar-refractivity contribution in [1.82, 2.24) is 9.66 Å². The Balaban J connectivity index is 1.87. The van der Waals surface area contributed by atoms with E-state index in [1.165, 1.54) is 6.20 Å². The first kappa shape index (κ1) is 22.1. The Morgan fingerprint density at radius 3 is 1.79 bits per heavy atom. The SMILES string of the molecule is C/C(=N\n1cc(C(=O)c2ccc(C)cc2)c(-c2ccc(C)cc2)nc1=O)c1ccc(C)cc1. The Morgan fingerprint density at radius 2 is 1.24 bits per heavy atom. The van der Waals surface area contributed by atoms with Gasteiger partial charge in [-0.2, -0.15) is 14.8 Å². The van der Waals surface area contributed by atoms with Crippen LogP contribution >= 0.6 is 0 Å². The maximum absolute atomic E-state index is 13.5. The molecule has 5 nitrogen and oxygen atoms in total. The van der Waals surface area contributed by atoms with Gasteiger partial charge in [-0.1, -0.05) is 89.5 Å². The zero-order valence-electron chi connectivity index (χ0n) is 19.2. The molecule has 0 fully saturated rings. The first-order valence-electron chi connectivity index (χ1n) is 10.8. The zero-order valence-corrected chi connectivity index (χ0v) is 19.2. The largest absolute Gasteiger partial charge is 0.368 e. The molecule has 33 heavy (non-hydrogen) atoms. The molecular formula is C28H25N3O2. The summed E-state index contributed by atoms with van der Waals surface area (Å²) in [6.45, 7) is 7.79. The summed E-state index contributed by atoms with van der Waals surface area (Å²) in [6, 6.07) is 22.8. The number of carbonyl (C=O) groups is 1. The molecule has 164 valence electrons. The van der Waals surface area contributed by atoms with Gasteiger partial charge in [-0.3, -0.25) is 4.79 Å². The Morgan fingerprint density at radius 1 is 0.758 bits per heavy atom. The van der Waals surface area contributed by atoms with Crippen LogP contribution in [0.15, 0.2) is 88.9 Å². The number of rotatable bonds is 5. The van der Waals surface area contributed by atoms with E-state index in [1.54, 1.807) is 12.1 Å². The Hall–Kier alpha value is -4.12. The van der Waals surface area contributed by atoms with Crippen molar-refractivity contribution in [2.24, 2.45) is 5.10 Å². The lowest BCUT2D eigenvalue weighted by Gasteiger charge is -2.11. The van der Waals surface area contributed by atoms with E-state index in [-0.39, 0.29) is 5.78 Å². The third kappa shape index (κ3) is 4.88. The van der Waals surface area contributed by atoms with Crippen LogP contribution in [0, 0.1) is 20.8 Å². The lowest BCUT2D eigenvalue weighted by molar-refractivity contribution is 0.103. The van der Waals surface area contributed by atoms with Gasteiger partial charge in [0.2, 0.25) is 0 Å². The number of ketones is 1. The second-order valence-electron chi connectivity index (χ2n) is 8.24. The van der Waals surface area contributed by atoms with Gasteiger partial charge in [-0.05, 0) is 33.3 Å². The van der Waals surface area contributed by atoms with Gasteiger partial charge < -0.3 is 0 Å². The molecule has 3 aromatic carbocycles. The lowest BCUT2D eigenvalue weighted by Crippen LogP contribution is -2.24. The Bertz CT molecular complexity index is 1400. The highest BCUT2D eigenvalue weighted by Crippen LogP contribution is 2.23. The van der Waals surface area contributed by atoms with E-state index in [9.17, 15) is 9.59 Å². The van der Waals surface area contributed by atoms with Crippen molar-refractivity contribution in [2.75, 3.05) is 0 Å². The van der Waals surface area contributed by atoms with E-state index in [1.807, 2.05) is 88.4 Å². The van der Waals surface area contributed by atoms with Crippen molar-refractivity contribution in [1.29, 1.82) is 0 Å². The monoisotopic (exact) mass is 435 g/mol. The fourth-order valence-electron chi connectivity index (χ4n) is 3.49. The molecule has 0 aliphatic heterocycles. The van der Waals surface area contributed by atoms with Crippen LogP contribution < -0.4 is 5.69 Å². The molecule has 0 amide bonds. The van der Waals surface area contributed by atoms with E-state index in [4.69, 9.17) is 0 Å². The maximum Gasteiger partial charge on any atom is 0.368 e. The first-order chi connectivity index (χ1) is 15.8. The van der Waals surface area contributed by atoms with E-state index in [0.717, 1.165) is 26.9 Å². The number of hydrogen-bond donors (Lipinski definition) is 0. The van der Waals surface area contributed by atoms with Crippen LogP contribution in [0.4, 0.5) is 0 Å². The van der Waals surface area contributed by atoms with Gasteiger partial charge in [0.1, 0.15) is 0 Å². The van der Waals surface area contributed by atoms with Crippen molar-refractivity contribution < 1.29 is 4.79 Å². The van der Waals surface area contributed by atoms with Gasteiger partial charge in [0, 0.05) is 17.3 Å². The highest BCUT2D eigenvalue weighted by atomic mass is 16.2. The maximum atomic E-state index is 13.5. The molecule has 0 spiro atoms. The quantitative estimate of drug-likeness (QED) is 0.314. The molecule has 5 heteroatoms. The third-order valence-electron chi connectivity index (χ3n) is 5.52. The number of aryl methyl sites for hydroxylation is 3. The number of carbonyl (C=O) groups excluding carboxylic acids is 1. The minimum absolute atomic E-state index is 0.213. The lowest BCUT2D eigenvalue weighted by atomic mass is 9.98. The second-order valence-corrected chi connectivity index (χ2v) is 8.24. The van der Waals surface area contributed by atoms with E-state index in [2.05, 4.69) is 10.1 Å². The molecule has 0 bridgehead atoms. The van der Waals surface area contributed by atoms with Crippen LogP contribution in [-0.4, -0.2) is 21.2 Å². The Kier molecular flexibility index (Phi) is 6.13. The summed E-state index contributed by atoms with van der Waals surface area (Å²) in [6.07, 6.45) is 1.49. The van der Waals surface area contributed by atoms with Crippen molar-refractivity contribution in [3.8, 4) is 11.3 Å². The summed E-state index contributed by atoms with van der Waals surface area (Å²) in [5.41, 5.74) is 6.18. The summed E-state index contributed by atoms with van der Waals surface area (Å²) < 4.78 is 1.15. The molecule has 4 aromatic rings. The van der Waals surface area contributed by atoms with Crippen molar-refractivity contribution >= 4 is 11.5 Å². The summed E-state index contributed by atoms with van der Waals surface area (Å²) >= 11 is 0. The normalized spacial score (nSPS) is 11.5. The van der Waals surface area contributed by atoms with Gasteiger partial charge in [0.25, 0.3) is 0 Å². The van der Waals surface area contributed by atoms with Gasteiger partial charge >= 0.3 is 5.69 Å². The summed E-state index contributed by atoms with van der Waals surface area (Å²) in [7, 11) is 0. The molecule has 1 aromatic heterocycles. The minimum atomic E-state index is -0.544. The highest BCUT2D eigenvalue weighted by molar-refractivity contribution is 6.12. The second kappa shape index (κ2) is 9.17. The minimum Gasteiger partial charge on any atom is -0.288 e. The molecule has 0 N–H and O–H groups in total. The van der Waals surface area contributed by atoms with Crippen LogP contribution in [0.2, 0.25) is 0 Å². The van der Waals surface area contributed by atoms with E-state index in [0.29, 0.717) is 28.1 Å². The average molecular weight is 436 g/mol.